The molecule has 0 bridgehead atoms. The normalized spacial score (nSPS) is 15.7. The quantitative estimate of drug-likeness (QED) is 0.561. The van der Waals surface area contributed by atoms with E-state index >= 15 is 0 Å². The van der Waals surface area contributed by atoms with E-state index in [0.29, 0.717) is 5.02 Å². The molecule has 0 amide bonds. The van der Waals surface area contributed by atoms with E-state index in [1.165, 1.54) is 25.5 Å². The zero-order valence-corrected chi connectivity index (χ0v) is 16.3. The Kier molecular flexibility index (Phi) is 5.31. The van der Waals surface area contributed by atoms with E-state index in [1.54, 1.807) is 12.1 Å². The van der Waals surface area contributed by atoms with Crippen molar-refractivity contribution in [2.75, 3.05) is 20.1 Å². The number of halogens is 2. The minimum absolute atomic E-state index is 0.171. The summed E-state index contributed by atoms with van der Waals surface area (Å²) in [7, 11) is 2.18. The Hall–Kier alpha value is -1.75. The molecule has 1 aromatic heterocycles. The van der Waals surface area contributed by atoms with E-state index in [2.05, 4.69) is 16.9 Å². The smallest absolute Gasteiger partial charge is 0.123 e. The molecule has 1 saturated carbocycles. The maximum absolute atomic E-state index is 13.9. The Morgan fingerprint density at radius 3 is 2.78 bits per heavy atom. The molecule has 0 saturated heterocycles. The fraction of sp³-hybridized carbons (Fsp3) is 0.409. The van der Waals surface area contributed by atoms with E-state index in [9.17, 15) is 4.39 Å². The molecule has 1 aliphatic rings. The summed E-state index contributed by atoms with van der Waals surface area (Å²) in [5.41, 5.74) is 9.14. The summed E-state index contributed by atoms with van der Waals surface area (Å²) < 4.78 is 13.9. The topological polar surface area (TPSA) is 42.1 Å². The van der Waals surface area contributed by atoms with Gasteiger partial charge in [-0.1, -0.05) is 17.7 Å². The van der Waals surface area contributed by atoms with Crippen LogP contribution in [0.3, 0.4) is 0 Å². The Morgan fingerprint density at radius 2 is 2.00 bits per heavy atom. The SMILES string of the molecule is CN(CCCC(N)c1c2ccc(Cl)cc2nc2ccc(F)cc12)CC1CC1. The first-order chi connectivity index (χ1) is 13.0. The first-order valence-electron chi connectivity index (χ1n) is 9.64. The highest BCUT2D eigenvalue weighted by molar-refractivity contribution is 6.31. The van der Waals surface area contributed by atoms with Gasteiger partial charge in [0.05, 0.1) is 11.0 Å². The molecule has 1 unspecified atom stereocenters. The lowest BCUT2D eigenvalue weighted by molar-refractivity contribution is 0.309. The molecule has 1 aliphatic carbocycles. The lowest BCUT2D eigenvalue weighted by atomic mass is 9.94. The first kappa shape index (κ1) is 18.6. The predicted octanol–water partition coefficient (Wildman–Crippen LogP) is 5.30. The zero-order valence-electron chi connectivity index (χ0n) is 15.6. The van der Waals surface area contributed by atoms with Crippen molar-refractivity contribution in [2.45, 2.75) is 31.7 Å². The maximum Gasteiger partial charge on any atom is 0.123 e. The minimum Gasteiger partial charge on any atom is -0.324 e. The standard InChI is InChI=1S/C22H25ClFN3/c1-27(13-14-4-5-14)10-2-3-19(25)22-17-8-6-15(23)11-21(17)26-20-9-7-16(24)12-18(20)22/h6-9,11-12,14,19H,2-5,10,13,25H2,1H3. The number of pyridine rings is 1. The maximum atomic E-state index is 13.9. The van der Waals surface area contributed by atoms with Crippen LogP contribution in [-0.2, 0) is 0 Å². The molecule has 2 aromatic carbocycles. The molecule has 27 heavy (non-hydrogen) atoms. The summed E-state index contributed by atoms with van der Waals surface area (Å²) in [6, 6.07) is 10.2. The molecule has 1 heterocycles. The van der Waals surface area contributed by atoms with Crippen LogP contribution in [0, 0.1) is 11.7 Å². The number of rotatable bonds is 7. The Balaban J connectivity index is 1.63. The highest BCUT2D eigenvalue weighted by atomic mass is 35.5. The van der Waals surface area contributed by atoms with Gasteiger partial charge in [-0.25, -0.2) is 9.37 Å². The molecule has 0 radical (unpaired) electrons. The monoisotopic (exact) mass is 385 g/mol. The van der Waals surface area contributed by atoms with Gasteiger partial charge in [-0.3, -0.25) is 0 Å². The van der Waals surface area contributed by atoms with Crippen LogP contribution >= 0.6 is 11.6 Å². The van der Waals surface area contributed by atoms with E-state index in [1.807, 2.05) is 18.2 Å². The second kappa shape index (κ2) is 7.70. The number of nitrogens with two attached hydrogens (primary N) is 1. The van der Waals surface area contributed by atoms with Crippen molar-refractivity contribution in [3.05, 3.63) is 52.8 Å². The molecule has 142 valence electrons. The van der Waals surface area contributed by atoms with Gasteiger partial charge in [-0.15, -0.1) is 0 Å². The van der Waals surface area contributed by atoms with Crippen LogP contribution < -0.4 is 5.73 Å². The molecular weight excluding hydrogens is 361 g/mol. The van der Waals surface area contributed by atoms with Crippen LogP contribution in [0.2, 0.25) is 5.02 Å². The van der Waals surface area contributed by atoms with Crippen molar-refractivity contribution in [3.8, 4) is 0 Å². The number of aromatic nitrogens is 1. The van der Waals surface area contributed by atoms with E-state index in [-0.39, 0.29) is 11.9 Å². The van der Waals surface area contributed by atoms with Gasteiger partial charge < -0.3 is 10.6 Å². The zero-order chi connectivity index (χ0) is 19.0. The Bertz CT molecular complexity index is 971. The molecule has 2 N–H and O–H groups in total. The summed E-state index contributed by atoms with van der Waals surface area (Å²) in [5.74, 6) is 0.625. The number of fused-ring (bicyclic) bond motifs is 2. The van der Waals surface area contributed by atoms with Gasteiger partial charge >= 0.3 is 0 Å². The van der Waals surface area contributed by atoms with Gasteiger partial charge in [0.2, 0.25) is 0 Å². The lowest BCUT2D eigenvalue weighted by Gasteiger charge is -2.20. The van der Waals surface area contributed by atoms with Crippen molar-refractivity contribution in [1.29, 1.82) is 0 Å². The molecule has 1 atom stereocenters. The predicted molar refractivity (Wildman–Crippen MR) is 111 cm³/mol. The Labute approximate surface area is 164 Å². The summed E-state index contributed by atoms with van der Waals surface area (Å²) in [5, 5.41) is 2.39. The van der Waals surface area contributed by atoms with Crippen LogP contribution in [0.25, 0.3) is 21.8 Å². The van der Waals surface area contributed by atoms with Crippen LogP contribution in [0.5, 0.6) is 0 Å². The number of hydrogen-bond donors (Lipinski definition) is 1. The van der Waals surface area contributed by atoms with Crippen molar-refractivity contribution in [2.24, 2.45) is 11.7 Å². The molecule has 1 fully saturated rings. The number of hydrogen-bond acceptors (Lipinski definition) is 3. The van der Waals surface area contributed by atoms with Gasteiger partial charge in [0.25, 0.3) is 0 Å². The van der Waals surface area contributed by atoms with Crippen LogP contribution in [-0.4, -0.2) is 30.0 Å². The highest BCUT2D eigenvalue weighted by Crippen LogP contribution is 2.34. The lowest BCUT2D eigenvalue weighted by Crippen LogP contribution is -2.23. The summed E-state index contributed by atoms with van der Waals surface area (Å²) in [6.45, 7) is 2.21. The van der Waals surface area contributed by atoms with Crippen LogP contribution in [0.4, 0.5) is 4.39 Å². The summed E-state index contributed by atoms with van der Waals surface area (Å²) in [6.07, 6.45) is 4.60. The van der Waals surface area contributed by atoms with Gasteiger partial charge in [0, 0.05) is 28.4 Å². The third kappa shape index (κ3) is 4.23. The number of benzene rings is 2. The fourth-order valence-electron chi connectivity index (χ4n) is 3.88. The van der Waals surface area contributed by atoms with Crippen molar-refractivity contribution in [3.63, 3.8) is 0 Å². The summed E-state index contributed by atoms with van der Waals surface area (Å²) in [4.78, 5) is 7.05. The van der Waals surface area contributed by atoms with E-state index < -0.39 is 0 Å². The fourth-order valence-corrected chi connectivity index (χ4v) is 4.05. The molecule has 0 aliphatic heterocycles. The van der Waals surface area contributed by atoms with Crippen LogP contribution in [0.15, 0.2) is 36.4 Å². The second-order valence-corrected chi connectivity index (χ2v) is 8.24. The molecule has 0 spiro atoms. The van der Waals surface area contributed by atoms with Gasteiger partial charge in [-0.05, 0) is 81.1 Å². The third-order valence-electron chi connectivity index (χ3n) is 5.43. The molecule has 3 aromatic rings. The molecule has 3 nitrogen and oxygen atoms in total. The van der Waals surface area contributed by atoms with Crippen molar-refractivity contribution >= 4 is 33.4 Å². The molecular formula is C22H25ClFN3. The minimum atomic E-state index is -0.268. The highest BCUT2D eigenvalue weighted by Gasteiger charge is 2.23. The van der Waals surface area contributed by atoms with E-state index in [4.69, 9.17) is 17.3 Å². The Morgan fingerprint density at radius 1 is 1.19 bits per heavy atom. The summed E-state index contributed by atoms with van der Waals surface area (Å²) >= 11 is 6.16. The number of nitrogens with zero attached hydrogens (tertiary/aromatic N) is 2. The third-order valence-corrected chi connectivity index (χ3v) is 5.67. The van der Waals surface area contributed by atoms with Gasteiger partial charge in [0.1, 0.15) is 5.82 Å². The van der Waals surface area contributed by atoms with Gasteiger partial charge in [-0.2, -0.15) is 0 Å². The van der Waals surface area contributed by atoms with Gasteiger partial charge in [0.15, 0.2) is 0 Å². The second-order valence-electron chi connectivity index (χ2n) is 7.80. The van der Waals surface area contributed by atoms with Crippen molar-refractivity contribution < 1.29 is 4.39 Å². The van der Waals surface area contributed by atoms with Crippen molar-refractivity contribution in [1.82, 2.24) is 9.88 Å². The average Bonchev–Trinajstić information content (AvgIpc) is 3.43. The van der Waals surface area contributed by atoms with Crippen LogP contribution in [0.1, 0.15) is 37.3 Å². The first-order valence-corrected chi connectivity index (χ1v) is 10.0. The average molecular weight is 386 g/mol. The molecule has 4 rings (SSSR count). The molecule has 5 heteroatoms. The largest absolute Gasteiger partial charge is 0.324 e. The van der Waals surface area contributed by atoms with E-state index in [0.717, 1.165) is 52.7 Å².